The molecule has 14 heavy (non-hydrogen) atoms. The van der Waals surface area contributed by atoms with E-state index in [1.807, 2.05) is 18.0 Å². The molecular formula is C12H9NS. The first-order valence-electron chi connectivity index (χ1n) is 4.60. The first kappa shape index (κ1) is 8.06. The fourth-order valence-corrected chi connectivity index (χ4v) is 2.35. The molecule has 1 nitrogen and oxygen atoms in total. The van der Waals surface area contributed by atoms with Crippen LogP contribution in [0.5, 0.6) is 0 Å². The second-order valence-electron chi connectivity index (χ2n) is 3.32. The first-order chi connectivity index (χ1) is 6.93. The van der Waals surface area contributed by atoms with E-state index in [0.717, 1.165) is 11.1 Å². The van der Waals surface area contributed by atoms with Crippen molar-refractivity contribution in [1.82, 2.24) is 0 Å². The van der Waals surface area contributed by atoms with Crippen LogP contribution in [-0.4, -0.2) is 5.75 Å². The third kappa shape index (κ3) is 1.23. The quantitative estimate of drug-likeness (QED) is 0.620. The van der Waals surface area contributed by atoms with Crippen molar-refractivity contribution >= 4 is 30.0 Å². The molecule has 1 aromatic rings. The van der Waals surface area contributed by atoms with Crippen LogP contribution in [0.2, 0.25) is 0 Å². The van der Waals surface area contributed by atoms with Crippen molar-refractivity contribution < 1.29 is 0 Å². The average Bonchev–Trinajstić information content (AvgIpc) is 2.51. The Morgan fingerprint density at radius 1 is 1.14 bits per heavy atom. The molecule has 2 heterocycles. The predicted molar refractivity (Wildman–Crippen MR) is 62.2 cm³/mol. The summed E-state index contributed by atoms with van der Waals surface area (Å²) in [6, 6.07) is 4.37. The molecule has 2 heteroatoms. The summed E-state index contributed by atoms with van der Waals surface area (Å²) < 4.78 is 0. The van der Waals surface area contributed by atoms with E-state index in [1.165, 1.54) is 16.3 Å². The average molecular weight is 199 g/mol. The smallest absolute Gasteiger partial charge is 0.0708 e. The number of rotatable bonds is 0. The molecule has 0 aliphatic carbocycles. The minimum Gasteiger partial charge on any atom is -0.256 e. The van der Waals surface area contributed by atoms with Gasteiger partial charge < -0.3 is 0 Å². The van der Waals surface area contributed by atoms with Crippen molar-refractivity contribution in [3.8, 4) is 0 Å². The normalized spacial score (nSPS) is 16.6. The van der Waals surface area contributed by atoms with Gasteiger partial charge in [-0.1, -0.05) is 6.08 Å². The van der Waals surface area contributed by atoms with E-state index in [4.69, 9.17) is 0 Å². The number of thioether (sulfide) groups is 1. The van der Waals surface area contributed by atoms with Gasteiger partial charge in [-0.25, -0.2) is 0 Å². The molecule has 0 bridgehead atoms. The van der Waals surface area contributed by atoms with Crippen LogP contribution in [-0.2, 0) is 0 Å². The maximum absolute atomic E-state index is 4.30. The van der Waals surface area contributed by atoms with Crippen LogP contribution in [0.1, 0.15) is 11.1 Å². The van der Waals surface area contributed by atoms with Gasteiger partial charge in [0, 0.05) is 17.5 Å². The highest BCUT2D eigenvalue weighted by Crippen LogP contribution is 2.10. The third-order valence-electron chi connectivity index (χ3n) is 2.44. The minimum absolute atomic E-state index is 1.06. The van der Waals surface area contributed by atoms with Gasteiger partial charge in [-0.05, 0) is 40.5 Å². The molecule has 0 amide bonds. The van der Waals surface area contributed by atoms with Gasteiger partial charge in [-0.3, -0.25) is 4.99 Å². The van der Waals surface area contributed by atoms with Gasteiger partial charge in [0.25, 0.3) is 0 Å². The minimum atomic E-state index is 1.06. The predicted octanol–water partition coefficient (Wildman–Crippen LogP) is 1.79. The van der Waals surface area contributed by atoms with Crippen LogP contribution >= 0.6 is 11.8 Å². The maximum Gasteiger partial charge on any atom is 0.0708 e. The highest BCUT2D eigenvalue weighted by atomic mass is 32.2. The summed E-state index contributed by atoms with van der Waals surface area (Å²) in [7, 11) is 0. The summed E-state index contributed by atoms with van der Waals surface area (Å²) in [5.41, 5.74) is 2.52. The number of nitrogens with zero attached hydrogens (tertiary/aromatic N) is 1. The van der Waals surface area contributed by atoms with Crippen LogP contribution in [0.4, 0.5) is 0 Å². The van der Waals surface area contributed by atoms with Crippen LogP contribution in [0.15, 0.2) is 28.7 Å². The Bertz CT molecular complexity index is 552. The van der Waals surface area contributed by atoms with Crippen molar-refractivity contribution in [2.45, 2.75) is 0 Å². The molecule has 0 N–H and O–H groups in total. The van der Waals surface area contributed by atoms with Crippen molar-refractivity contribution in [3.63, 3.8) is 0 Å². The molecule has 1 aromatic carbocycles. The number of hydrogen-bond acceptors (Lipinski definition) is 2. The molecule has 2 aliphatic heterocycles. The SMILES string of the molecule is C1=Cc2cc3c(cc2=N1)C=CSCC=3. The van der Waals surface area contributed by atoms with Crippen molar-refractivity contribution in [2.75, 3.05) is 5.75 Å². The van der Waals surface area contributed by atoms with Gasteiger partial charge in [0.2, 0.25) is 0 Å². The van der Waals surface area contributed by atoms with Gasteiger partial charge in [0.15, 0.2) is 0 Å². The van der Waals surface area contributed by atoms with Crippen LogP contribution in [0, 0.1) is 0 Å². The lowest BCUT2D eigenvalue weighted by atomic mass is 10.1. The van der Waals surface area contributed by atoms with Gasteiger partial charge in [-0.2, -0.15) is 0 Å². The zero-order valence-electron chi connectivity index (χ0n) is 7.60. The Balaban J connectivity index is 2.37. The van der Waals surface area contributed by atoms with Crippen molar-refractivity contribution in [2.24, 2.45) is 4.99 Å². The van der Waals surface area contributed by atoms with Crippen LogP contribution in [0.25, 0.3) is 18.2 Å². The zero-order chi connectivity index (χ0) is 9.38. The summed E-state index contributed by atoms with van der Waals surface area (Å²) in [6.07, 6.45) is 8.36. The second-order valence-corrected chi connectivity index (χ2v) is 4.26. The molecule has 0 fully saturated rings. The molecule has 2 aliphatic rings. The highest BCUT2D eigenvalue weighted by Gasteiger charge is 2.02. The molecule has 0 spiro atoms. The number of hydrogen-bond donors (Lipinski definition) is 0. The topological polar surface area (TPSA) is 12.4 Å². The van der Waals surface area contributed by atoms with Gasteiger partial charge >= 0.3 is 0 Å². The Hall–Kier alpha value is -1.28. The Kier molecular flexibility index (Phi) is 1.81. The standard InChI is InChI=1S/C12H9NS/c1-4-13-12-8-10-3-6-14-5-2-9(10)7-11(1)12/h1-4,6-8H,5H2. The molecule has 0 saturated heterocycles. The van der Waals surface area contributed by atoms with Gasteiger partial charge in [0.05, 0.1) is 5.36 Å². The van der Waals surface area contributed by atoms with Crippen molar-refractivity contribution in [3.05, 3.63) is 45.4 Å². The Morgan fingerprint density at radius 2 is 2.14 bits per heavy atom. The summed E-state index contributed by atoms with van der Waals surface area (Å²) >= 11 is 1.82. The van der Waals surface area contributed by atoms with E-state index in [9.17, 15) is 0 Å². The molecule has 0 radical (unpaired) electrons. The van der Waals surface area contributed by atoms with E-state index >= 15 is 0 Å². The van der Waals surface area contributed by atoms with Gasteiger partial charge in [0.1, 0.15) is 0 Å². The van der Waals surface area contributed by atoms with E-state index in [1.54, 1.807) is 0 Å². The highest BCUT2D eigenvalue weighted by molar-refractivity contribution is 8.02. The fourth-order valence-electron chi connectivity index (χ4n) is 1.72. The number of fused-ring (bicyclic) bond motifs is 2. The zero-order valence-corrected chi connectivity index (χ0v) is 8.42. The maximum atomic E-state index is 4.30. The van der Waals surface area contributed by atoms with Gasteiger partial charge in [-0.15, -0.1) is 11.8 Å². The summed E-state index contributed by atoms with van der Waals surface area (Å²) in [6.45, 7) is 0. The van der Waals surface area contributed by atoms with Crippen molar-refractivity contribution in [1.29, 1.82) is 0 Å². The molecule has 0 unspecified atom stereocenters. The van der Waals surface area contributed by atoms with E-state index in [2.05, 4.69) is 40.8 Å². The monoisotopic (exact) mass is 199 g/mol. The Morgan fingerprint density at radius 3 is 3.14 bits per heavy atom. The number of benzene rings is 1. The van der Waals surface area contributed by atoms with E-state index in [0.29, 0.717) is 0 Å². The molecular weight excluding hydrogens is 190 g/mol. The molecule has 3 rings (SSSR count). The fraction of sp³-hybridized carbons (Fsp3) is 0.0833. The largest absolute Gasteiger partial charge is 0.256 e. The summed E-state index contributed by atoms with van der Waals surface area (Å²) in [5, 5.41) is 4.57. The van der Waals surface area contributed by atoms with E-state index < -0.39 is 0 Å². The lowest BCUT2D eigenvalue weighted by molar-refractivity contribution is 1.36. The van der Waals surface area contributed by atoms with Crippen LogP contribution in [0.3, 0.4) is 0 Å². The second kappa shape index (κ2) is 3.14. The Labute approximate surface area is 86.6 Å². The van der Waals surface area contributed by atoms with Crippen LogP contribution < -0.4 is 10.6 Å². The molecule has 0 saturated carbocycles. The van der Waals surface area contributed by atoms with E-state index in [-0.39, 0.29) is 0 Å². The lowest BCUT2D eigenvalue weighted by Gasteiger charge is -1.96. The first-order valence-corrected chi connectivity index (χ1v) is 5.65. The third-order valence-corrected chi connectivity index (χ3v) is 3.13. The summed E-state index contributed by atoms with van der Waals surface area (Å²) in [4.78, 5) is 4.30. The molecule has 0 aromatic heterocycles. The molecule has 0 atom stereocenters. The lowest BCUT2D eigenvalue weighted by Crippen LogP contribution is -2.14. The summed E-state index contributed by atoms with van der Waals surface area (Å²) in [5.74, 6) is 1.06. The molecule has 68 valence electrons.